The summed E-state index contributed by atoms with van der Waals surface area (Å²) >= 11 is 5.95. The zero-order valence-electron chi connectivity index (χ0n) is 19.7. The number of carboxylic acids is 1. The Morgan fingerprint density at radius 2 is 1.74 bits per heavy atom. The molecule has 3 aromatic carbocycles. The molecule has 3 rings (SSSR count). The summed E-state index contributed by atoms with van der Waals surface area (Å²) in [4.78, 5) is 10.6. The number of benzene rings is 3. The van der Waals surface area contributed by atoms with Gasteiger partial charge >= 0.3 is 35.5 Å². The summed E-state index contributed by atoms with van der Waals surface area (Å²) in [6.45, 7) is 2.27. The standard InChI is InChI=1S/C24H23ClFNO5S.Na.H/c1-15(27-14-23(28)17-3-2-4-18(25)12-17)11-16-5-7-19(8-6-16)33(31,32)20-9-10-21(24(29)30)22(26)13-20;;/h2-10,12-13,15,23,27-28H,11,14H2,1H3,(H,29,30);;/q;+1;-1/t15-,23-;;/m1../s1. The van der Waals surface area contributed by atoms with Gasteiger partial charge in [-0.05, 0) is 66.9 Å². The molecular weight excluding hydrogens is 492 g/mol. The van der Waals surface area contributed by atoms with Gasteiger partial charge in [-0.3, -0.25) is 0 Å². The Kier molecular flexibility index (Phi) is 10.3. The summed E-state index contributed by atoms with van der Waals surface area (Å²) < 4.78 is 39.5. The Bertz CT molecular complexity index is 1260. The van der Waals surface area contributed by atoms with Gasteiger partial charge in [-0.25, -0.2) is 17.6 Å². The van der Waals surface area contributed by atoms with Crippen molar-refractivity contribution in [2.45, 2.75) is 35.3 Å². The summed E-state index contributed by atoms with van der Waals surface area (Å²) in [5.41, 5.74) is 0.995. The van der Waals surface area contributed by atoms with E-state index in [0.29, 0.717) is 29.6 Å². The van der Waals surface area contributed by atoms with Crippen molar-refractivity contribution < 1.29 is 58.8 Å². The van der Waals surface area contributed by atoms with Crippen molar-refractivity contribution in [3.63, 3.8) is 0 Å². The van der Waals surface area contributed by atoms with E-state index in [1.165, 1.54) is 12.1 Å². The smallest absolute Gasteiger partial charge is 1.00 e. The number of carboxylic acid groups (broad SMARTS) is 1. The fourth-order valence-corrected chi connectivity index (χ4v) is 4.82. The van der Waals surface area contributed by atoms with Crippen LogP contribution in [0.4, 0.5) is 4.39 Å². The number of aliphatic hydroxyl groups excluding tert-OH is 1. The van der Waals surface area contributed by atoms with E-state index in [0.717, 1.165) is 17.7 Å². The van der Waals surface area contributed by atoms with E-state index in [1.807, 2.05) is 6.92 Å². The summed E-state index contributed by atoms with van der Waals surface area (Å²) in [6, 6.07) is 15.9. The van der Waals surface area contributed by atoms with Crippen LogP contribution in [0, 0.1) is 5.82 Å². The molecule has 0 saturated carbocycles. The van der Waals surface area contributed by atoms with Crippen molar-refractivity contribution in [3.8, 4) is 0 Å². The number of sulfone groups is 1. The minimum atomic E-state index is -4.00. The molecule has 0 fully saturated rings. The fraction of sp³-hybridized carbons (Fsp3) is 0.208. The predicted octanol–water partition coefficient (Wildman–Crippen LogP) is 1.38. The van der Waals surface area contributed by atoms with E-state index in [2.05, 4.69) is 5.32 Å². The first-order chi connectivity index (χ1) is 15.6. The molecule has 0 aliphatic rings. The summed E-state index contributed by atoms with van der Waals surface area (Å²) in [5.74, 6) is -2.58. The van der Waals surface area contributed by atoms with Crippen molar-refractivity contribution >= 4 is 27.4 Å². The van der Waals surface area contributed by atoms with Gasteiger partial charge in [0.1, 0.15) is 5.82 Å². The molecule has 3 N–H and O–H groups in total. The molecule has 0 saturated heterocycles. The minimum Gasteiger partial charge on any atom is -1.00 e. The van der Waals surface area contributed by atoms with Gasteiger partial charge in [0.2, 0.25) is 9.84 Å². The Morgan fingerprint density at radius 3 is 2.32 bits per heavy atom. The number of rotatable bonds is 9. The average Bonchev–Trinajstić information content (AvgIpc) is 2.77. The molecule has 2 atom stereocenters. The first kappa shape index (κ1) is 28.5. The first-order valence-electron chi connectivity index (χ1n) is 10.1. The molecule has 0 aliphatic heterocycles. The third-order valence-corrected chi connectivity index (χ3v) is 7.15. The number of hydrogen-bond donors (Lipinski definition) is 3. The van der Waals surface area contributed by atoms with Gasteiger partial charge in [-0.1, -0.05) is 35.9 Å². The number of aromatic carboxylic acids is 1. The zero-order chi connectivity index (χ0) is 24.2. The second kappa shape index (κ2) is 12.3. The maximum absolute atomic E-state index is 13.9. The van der Waals surface area contributed by atoms with Crippen LogP contribution < -0.4 is 34.9 Å². The molecule has 0 unspecified atom stereocenters. The fourth-order valence-electron chi connectivity index (χ4n) is 3.35. The SMILES string of the molecule is C[C@H](Cc1ccc(S(=O)(=O)c2ccc(C(=O)O)c(F)c2)cc1)NC[C@@H](O)c1cccc(Cl)c1.[H-].[Na+]. The van der Waals surface area contributed by atoms with Crippen molar-refractivity contribution in [2.24, 2.45) is 0 Å². The van der Waals surface area contributed by atoms with E-state index in [-0.39, 0.29) is 46.8 Å². The van der Waals surface area contributed by atoms with Crippen LogP contribution in [0.1, 0.15) is 35.9 Å². The molecule has 0 heterocycles. The maximum Gasteiger partial charge on any atom is 1.00 e. The molecule has 34 heavy (non-hydrogen) atoms. The largest absolute Gasteiger partial charge is 1.00 e. The molecule has 0 radical (unpaired) electrons. The number of carbonyl (C=O) groups is 1. The van der Waals surface area contributed by atoms with Gasteiger partial charge in [0.05, 0.1) is 21.5 Å². The second-order valence-corrected chi connectivity index (χ2v) is 10.1. The van der Waals surface area contributed by atoms with Gasteiger partial charge in [-0.15, -0.1) is 0 Å². The topological polar surface area (TPSA) is 104 Å². The van der Waals surface area contributed by atoms with Crippen LogP contribution in [-0.4, -0.2) is 37.2 Å². The molecule has 0 spiro atoms. The van der Waals surface area contributed by atoms with Gasteiger partial charge < -0.3 is 17.0 Å². The van der Waals surface area contributed by atoms with E-state index >= 15 is 0 Å². The Balaban J connectivity index is 0.00000306. The number of halogens is 2. The van der Waals surface area contributed by atoms with Gasteiger partial charge in [0.25, 0.3) is 0 Å². The van der Waals surface area contributed by atoms with E-state index < -0.39 is 33.3 Å². The van der Waals surface area contributed by atoms with E-state index in [1.54, 1.807) is 36.4 Å². The molecule has 0 bridgehead atoms. The quantitative estimate of drug-likeness (QED) is 0.372. The van der Waals surface area contributed by atoms with Gasteiger partial charge in [-0.2, -0.15) is 0 Å². The van der Waals surface area contributed by atoms with Crippen LogP contribution in [-0.2, 0) is 16.3 Å². The Morgan fingerprint density at radius 1 is 1.09 bits per heavy atom. The van der Waals surface area contributed by atoms with Crippen LogP contribution in [0.2, 0.25) is 5.02 Å². The van der Waals surface area contributed by atoms with Crippen LogP contribution >= 0.6 is 11.6 Å². The van der Waals surface area contributed by atoms with Crippen molar-refractivity contribution in [1.29, 1.82) is 0 Å². The second-order valence-electron chi connectivity index (χ2n) is 7.68. The molecule has 0 aromatic heterocycles. The van der Waals surface area contributed by atoms with Crippen LogP contribution in [0.25, 0.3) is 0 Å². The van der Waals surface area contributed by atoms with Crippen LogP contribution in [0.3, 0.4) is 0 Å². The van der Waals surface area contributed by atoms with E-state index in [9.17, 15) is 22.7 Å². The summed E-state index contributed by atoms with van der Waals surface area (Å²) in [5, 5.41) is 23.0. The monoisotopic (exact) mass is 515 g/mol. The van der Waals surface area contributed by atoms with Crippen molar-refractivity contribution in [3.05, 3.63) is 94.3 Å². The molecular formula is C24H24ClFNNaO5S. The molecule has 0 aliphatic carbocycles. The zero-order valence-corrected chi connectivity index (χ0v) is 22.3. The minimum absolute atomic E-state index is 0. The Labute approximate surface area is 226 Å². The number of hydrogen-bond acceptors (Lipinski definition) is 5. The van der Waals surface area contributed by atoms with Crippen LogP contribution in [0.5, 0.6) is 0 Å². The average molecular weight is 516 g/mol. The maximum atomic E-state index is 13.9. The van der Waals surface area contributed by atoms with Crippen molar-refractivity contribution in [1.82, 2.24) is 5.32 Å². The third-order valence-electron chi connectivity index (χ3n) is 5.15. The molecule has 176 valence electrons. The number of nitrogens with one attached hydrogen (secondary N) is 1. The third kappa shape index (κ3) is 7.11. The molecule has 0 amide bonds. The van der Waals surface area contributed by atoms with Crippen LogP contribution in [0.15, 0.2) is 76.5 Å². The summed E-state index contributed by atoms with van der Waals surface area (Å²) in [7, 11) is -4.00. The van der Waals surface area contributed by atoms with E-state index in [4.69, 9.17) is 16.7 Å². The first-order valence-corrected chi connectivity index (χ1v) is 12.0. The molecule has 6 nitrogen and oxygen atoms in total. The Hall–Kier alpha value is -1.78. The predicted molar refractivity (Wildman–Crippen MR) is 124 cm³/mol. The normalized spacial score (nSPS) is 13.1. The van der Waals surface area contributed by atoms with Crippen molar-refractivity contribution in [2.75, 3.05) is 6.54 Å². The van der Waals surface area contributed by atoms with Gasteiger partial charge in [0.15, 0.2) is 0 Å². The molecule has 3 aromatic rings. The number of aliphatic hydroxyl groups is 1. The van der Waals surface area contributed by atoms with Gasteiger partial charge in [0, 0.05) is 17.6 Å². The molecule has 10 heteroatoms. The summed E-state index contributed by atoms with van der Waals surface area (Å²) in [6.07, 6.45) is -0.128.